The number of carbonyl (C=O) groups excluding carboxylic acids is 1. The van der Waals surface area contributed by atoms with E-state index < -0.39 is 5.97 Å². The van der Waals surface area contributed by atoms with E-state index >= 15 is 0 Å². The molecule has 0 spiro atoms. The van der Waals surface area contributed by atoms with Gasteiger partial charge in [0, 0.05) is 36.1 Å². The van der Waals surface area contributed by atoms with Gasteiger partial charge in [-0.25, -0.2) is 4.98 Å². The van der Waals surface area contributed by atoms with Crippen molar-refractivity contribution < 1.29 is 14.7 Å². The number of rotatable bonds is 9. The number of carboxylic acid groups (broad SMARTS) is 1. The third-order valence-electron chi connectivity index (χ3n) is 4.75. The monoisotopic (exact) mass is 435 g/mol. The van der Waals surface area contributed by atoms with Gasteiger partial charge in [-0.2, -0.15) is 0 Å². The molecule has 31 heavy (non-hydrogen) atoms. The van der Waals surface area contributed by atoms with E-state index in [0.717, 1.165) is 26.8 Å². The van der Waals surface area contributed by atoms with Crippen LogP contribution in [0.25, 0.3) is 11.3 Å². The second-order valence-corrected chi connectivity index (χ2v) is 8.37. The number of anilines is 1. The lowest BCUT2D eigenvalue weighted by Crippen LogP contribution is -2.31. The van der Waals surface area contributed by atoms with Gasteiger partial charge in [0.2, 0.25) is 0 Å². The van der Waals surface area contributed by atoms with Crippen molar-refractivity contribution in [2.24, 2.45) is 0 Å². The standard InChI is InChI=1S/C24H25N3O3S/c1-4-14-27(24-25-22(17(2)31-24)19-8-6-5-7-9-19)15-18-10-12-20(13-11-18)23(30)26(3)16-21(28)29/h4-13H,1,14-16H2,2-3H3,(H,28,29). The molecule has 1 heterocycles. The van der Waals surface area contributed by atoms with E-state index in [-0.39, 0.29) is 12.5 Å². The van der Waals surface area contributed by atoms with Gasteiger partial charge >= 0.3 is 5.97 Å². The van der Waals surface area contributed by atoms with Gasteiger partial charge in [0.05, 0.1) is 5.69 Å². The number of carboxylic acids is 1. The minimum Gasteiger partial charge on any atom is -0.480 e. The lowest BCUT2D eigenvalue weighted by Gasteiger charge is -2.20. The Bertz CT molecular complexity index is 1060. The van der Waals surface area contributed by atoms with Gasteiger partial charge in [0.25, 0.3) is 5.91 Å². The summed E-state index contributed by atoms with van der Waals surface area (Å²) in [6.45, 7) is 6.87. The fourth-order valence-corrected chi connectivity index (χ4v) is 4.16. The highest BCUT2D eigenvalue weighted by Crippen LogP contribution is 2.33. The Morgan fingerprint density at radius 3 is 2.42 bits per heavy atom. The first kappa shape index (κ1) is 22.2. The zero-order valence-corrected chi connectivity index (χ0v) is 18.4. The van der Waals surface area contributed by atoms with Crippen molar-refractivity contribution >= 4 is 28.3 Å². The molecule has 0 aliphatic heterocycles. The number of carbonyl (C=O) groups is 2. The Morgan fingerprint density at radius 2 is 1.81 bits per heavy atom. The van der Waals surface area contributed by atoms with Gasteiger partial charge in [0.1, 0.15) is 6.54 Å². The number of aliphatic carboxylic acids is 1. The number of benzene rings is 2. The highest BCUT2D eigenvalue weighted by atomic mass is 32.1. The molecule has 1 N–H and O–H groups in total. The van der Waals surface area contributed by atoms with Gasteiger partial charge in [-0.3, -0.25) is 9.59 Å². The zero-order chi connectivity index (χ0) is 22.4. The Balaban J connectivity index is 1.77. The predicted octanol–water partition coefficient (Wildman–Crippen LogP) is 4.47. The molecule has 6 nitrogen and oxygen atoms in total. The van der Waals surface area contributed by atoms with E-state index in [4.69, 9.17) is 10.1 Å². The quantitative estimate of drug-likeness (QED) is 0.502. The van der Waals surface area contributed by atoms with E-state index in [2.05, 4.69) is 30.5 Å². The molecule has 0 aliphatic carbocycles. The number of thiazole rings is 1. The van der Waals surface area contributed by atoms with E-state index in [9.17, 15) is 9.59 Å². The SMILES string of the molecule is C=CCN(Cc1ccc(C(=O)N(C)CC(=O)O)cc1)c1nc(-c2ccccc2)c(C)s1. The maximum absolute atomic E-state index is 12.3. The van der Waals surface area contributed by atoms with Crippen molar-refractivity contribution in [2.75, 3.05) is 25.0 Å². The van der Waals surface area contributed by atoms with Gasteiger partial charge < -0.3 is 14.9 Å². The molecule has 0 aliphatic rings. The van der Waals surface area contributed by atoms with Crippen LogP contribution in [0.3, 0.4) is 0 Å². The molecule has 2 aromatic carbocycles. The minimum atomic E-state index is -1.04. The maximum atomic E-state index is 12.3. The number of nitrogens with zero attached hydrogens (tertiary/aromatic N) is 3. The average Bonchev–Trinajstić information content (AvgIpc) is 3.15. The van der Waals surface area contributed by atoms with Gasteiger partial charge in [0.15, 0.2) is 5.13 Å². The molecule has 0 fully saturated rings. The second-order valence-electron chi connectivity index (χ2n) is 7.19. The summed E-state index contributed by atoms with van der Waals surface area (Å²) < 4.78 is 0. The van der Waals surface area contributed by atoms with Crippen LogP contribution in [0.1, 0.15) is 20.8 Å². The number of likely N-dealkylation sites (N-methyl/N-ethyl adjacent to an activating group) is 1. The maximum Gasteiger partial charge on any atom is 0.323 e. The van der Waals surface area contributed by atoms with E-state index in [0.29, 0.717) is 18.7 Å². The van der Waals surface area contributed by atoms with E-state index in [1.165, 1.54) is 11.9 Å². The lowest BCUT2D eigenvalue weighted by molar-refractivity contribution is -0.137. The van der Waals surface area contributed by atoms with Crippen LogP contribution in [0.15, 0.2) is 67.3 Å². The fourth-order valence-electron chi connectivity index (χ4n) is 3.22. The smallest absolute Gasteiger partial charge is 0.323 e. The summed E-state index contributed by atoms with van der Waals surface area (Å²) in [5, 5.41) is 9.78. The number of hydrogen-bond acceptors (Lipinski definition) is 5. The van der Waals surface area contributed by atoms with Crippen LogP contribution in [0.5, 0.6) is 0 Å². The molecule has 1 aromatic heterocycles. The van der Waals surface area contributed by atoms with Crippen LogP contribution in [0.2, 0.25) is 0 Å². The van der Waals surface area contributed by atoms with Crippen LogP contribution in [0, 0.1) is 6.92 Å². The molecule has 0 atom stereocenters. The molecule has 3 aromatic rings. The first-order chi connectivity index (χ1) is 14.9. The molecule has 0 radical (unpaired) electrons. The highest BCUT2D eigenvalue weighted by Gasteiger charge is 2.17. The number of hydrogen-bond donors (Lipinski definition) is 1. The first-order valence-corrected chi connectivity index (χ1v) is 10.7. The van der Waals surface area contributed by atoms with Crippen molar-refractivity contribution in [3.63, 3.8) is 0 Å². The van der Waals surface area contributed by atoms with Crippen molar-refractivity contribution in [3.05, 3.63) is 83.3 Å². The van der Waals surface area contributed by atoms with Crippen molar-refractivity contribution in [1.29, 1.82) is 0 Å². The lowest BCUT2D eigenvalue weighted by atomic mass is 10.1. The molecule has 160 valence electrons. The molecule has 0 saturated heterocycles. The predicted molar refractivity (Wildman–Crippen MR) is 125 cm³/mol. The summed E-state index contributed by atoms with van der Waals surface area (Å²) in [7, 11) is 1.48. The summed E-state index contributed by atoms with van der Waals surface area (Å²) in [6.07, 6.45) is 1.84. The Kier molecular flexibility index (Phi) is 7.20. The molecule has 7 heteroatoms. The largest absolute Gasteiger partial charge is 0.480 e. The summed E-state index contributed by atoms with van der Waals surface area (Å²) in [5.74, 6) is -1.36. The van der Waals surface area contributed by atoms with Crippen LogP contribution in [0.4, 0.5) is 5.13 Å². The van der Waals surface area contributed by atoms with Crippen LogP contribution in [-0.4, -0.2) is 47.0 Å². The minimum absolute atomic E-state index is 0.319. The first-order valence-electron chi connectivity index (χ1n) is 9.84. The van der Waals surface area contributed by atoms with Gasteiger partial charge in [-0.1, -0.05) is 48.5 Å². The summed E-state index contributed by atoms with van der Waals surface area (Å²) in [5.41, 5.74) is 3.55. The Morgan fingerprint density at radius 1 is 1.13 bits per heavy atom. The average molecular weight is 436 g/mol. The number of amides is 1. The van der Waals surface area contributed by atoms with Crippen molar-refractivity contribution in [1.82, 2.24) is 9.88 Å². The third kappa shape index (κ3) is 5.58. The van der Waals surface area contributed by atoms with Crippen molar-refractivity contribution in [3.8, 4) is 11.3 Å². The number of aromatic nitrogens is 1. The molecule has 0 saturated carbocycles. The summed E-state index contributed by atoms with van der Waals surface area (Å²) in [4.78, 5) is 32.5. The zero-order valence-electron chi connectivity index (χ0n) is 17.6. The van der Waals surface area contributed by atoms with Gasteiger partial charge in [-0.15, -0.1) is 17.9 Å². The molecule has 1 amide bonds. The Labute approximate surface area is 186 Å². The van der Waals surface area contributed by atoms with Gasteiger partial charge in [-0.05, 0) is 24.6 Å². The van der Waals surface area contributed by atoms with E-state index in [1.807, 2.05) is 36.4 Å². The van der Waals surface area contributed by atoms with Crippen LogP contribution >= 0.6 is 11.3 Å². The second kappa shape index (κ2) is 10.0. The molecule has 0 bridgehead atoms. The van der Waals surface area contributed by atoms with Crippen molar-refractivity contribution in [2.45, 2.75) is 13.5 Å². The molecular formula is C24H25N3O3S. The molecule has 0 unspecified atom stereocenters. The summed E-state index contributed by atoms with van der Waals surface area (Å²) >= 11 is 1.64. The third-order valence-corrected chi connectivity index (χ3v) is 5.78. The van der Waals surface area contributed by atoms with Crippen LogP contribution < -0.4 is 4.90 Å². The Hall–Kier alpha value is -3.45. The van der Waals surface area contributed by atoms with Crippen LogP contribution in [-0.2, 0) is 11.3 Å². The summed E-state index contributed by atoms with van der Waals surface area (Å²) in [6, 6.07) is 17.3. The number of aryl methyl sites for hydroxylation is 1. The highest BCUT2D eigenvalue weighted by molar-refractivity contribution is 7.16. The topological polar surface area (TPSA) is 73.7 Å². The molecular weight excluding hydrogens is 410 g/mol. The molecule has 3 rings (SSSR count). The normalized spacial score (nSPS) is 10.5. The van der Waals surface area contributed by atoms with E-state index in [1.54, 1.807) is 23.5 Å². The fraction of sp³-hybridized carbons (Fsp3) is 0.208.